The predicted molar refractivity (Wildman–Crippen MR) is 113 cm³/mol. The molecule has 29 heavy (non-hydrogen) atoms. The van der Waals surface area contributed by atoms with Crippen LogP contribution in [0.2, 0.25) is 0 Å². The van der Waals surface area contributed by atoms with Gasteiger partial charge in [0.1, 0.15) is 0 Å². The van der Waals surface area contributed by atoms with Crippen LogP contribution in [0.15, 0.2) is 54.6 Å². The molecule has 2 aliphatic rings. The van der Waals surface area contributed by atoms with Gasteiger partial charge in [-0.1, -0.05) is 18.2 Å². The lowest BCUT2D eigenvalue weighted by molar-refractivity contribution is -0.117. The number of nitrogens with zero attached hydrogens (tertiary/aromatic N) is 1. The molecule has 1 saturated carbocycles. The number of amides is 3. The molecule has 0 radical (unpaired) electrons. The summed E-state index contributed by atoms with van der Waals surface area (Å²) in [6, 6.07) is 14.7. The summed E-state index contributed by atoms with van der Waals surface area (Å²) < 4.78 is 0. The molecule has 1 aliphatic carbocycles. The Morgan fingerprint density at radius 1 is 1.07 bits per heavy atom. The van der Waals surface area contributed by atoms with Gasteiger partial charge < -0.3 is 15.5 Å². The van der Waals surface area contributed by atoms with Crippen LogP contribution in [0.4, 0.5) is 11.4 Å². The summed E-state index contributed by atoms with van der Waals surface area (Å²) in [6.45, 7) is 0.758. The molecule has 3 amide bonds. The van der Waals surface area contributed by atoms with E-state index in [0.717, 1.165) is 37.1 Å². The van der Waals surface area contributed by atoms with E-state index in [0.29, 0.717) is 23.7 Å². The van der Waals surface area contributed by atoms with E-state index >= 15 is 0 Å². The highest BCUT2D eigenvalue weighted by atomic mass is 16.2. The summed E-state index contributed by atoms with van der Waals surface area (Å²) in [5.41, 5.74) is 2.86. The molecule has 0 bridgehead atoms. The first kappa shape index (κ1) is 18.9. The second-order valence-electron chi connectivity index (χ2n) is 7.39. The zero-order valence-corrected chi connectivity index (χ0v) is 16.1. The van der Waals surface area contributed by atoms with Gasteiger partial charge in [0.2, 0.25) is 11.8 Å². The van der Waals surface area contributed by atoms with Crippen LogP contribution in [0.25, 0.3) is 6.08 Å². The summed E-state index contributed by atoms with van der Waals surface area (Å²) in [4.78, 5) is 37.9. The molecule has 0 spiro atoms. The normalized spacial score (nSPS) is 16.3. The van der Waals surface area contributed by atoms with Gasteiger partial charge in [-0.25, -0.2) is 0 Å². The van der Waals surface area contributed by atoms with Gasteiger partial charge in [0, 0.05) is 42.0 Å². The monoisotopic (exact) mass is 389 g/mol. The minimum Gasteiger partial charge on any atom is -0.349 e. The van der Waals surface area contributed by atoms with E-state index in [1.165, 1.54) is 6.08 Å². The van der Waals surface area contributed by atoms with Gasteiger partial charge in [-0.3, -0.25) is 14.4 Å². The third kappa shape index (κ3) is 4.90. The number of hydrogen-bond donors (Lipinski definition) is 2. The Kier molecular flexibility index (Phi) is 5.42. The average molecular weight is 389 g/mol. The van der Waals surface area contributed by atoms with E-state index in [1.807, 2.05) is 24.3 Å². The van der Waals surface area contributed by atoms with Gasteiger partial charge in [0.25, 0.3) is 5.91 Å². The Morgan fingerprint density at radius 3 is 2.55 bits per heavy atom. The van der Waals surface area contributed by atoms with E-state index < -0.39 is 0 Å². The number of carbonyl (C=O) groups excluding carboxylic acids is 3. The van der Waals surface area contributed by atoms with E-state index in [-0.39, 0.29) is 17.7 Å². The van der Waals surface area contributed by atoms with Crippen molar-refractivity contribution >= 4 is 35.2 Å². The minimum atomic E-state index is -0.274. The maximum absolute atomic E-state index is 12.2. The van der Waals surface area contributed by atoms with Crippen molar-refractivity contribution in [2.24, 2.45) is 0 Å². The van der Waals surface area contributed by atoms with Crippen LogP contribution < -0.4 is 15.5 Å². The second-order valence-corrected chi connectivity index (χ2v) is 7.39. The highest BCUT2D eigenvalue weighted by molar-refractivity contribution is 6.03. The molecule has 6 heteroatoms. The van der Waals surface area contributed by atoms with Crippen LogP contribution >= 0.6 is 0 Å². The van der Waals surface area contributed by atoms with Crippen molar-refractivity contribution in [3.63, 3.8) is 0 Å². The van der Waals surface area contributed by atoms with Crippen molar-refractivity contribution < 1.29 is 14.4 Å². The average Bonchev–Trinajstić information content (AvgIpc) is 3.44. The molecule has 2 aromatic carbocycles. The van der Waals surface area contributed by atoms with Crippen LogP contribution in [0.3, 0.4) is 0 Å². The summed E-state index contributed by atoms with van der Waals surface area (Å²) in [5, 5.41) is 5.71. The van der Waals surface area contributed by atoms with Crippen molar-refractivity contribution in [1.82, 2.24) is 5.32 Å². The quantitative estimate of drug-likeness (QED) is 0.744. The minimum absolute atomic E-state index is 0.115. The van der Waals surface area contributed by atoms with Crippen molar-refractivity contribution in [2.75, 3.05) is 16.8 Å². The fourth-order valence-corrected chi connectivity index (χ4v) is 3.28. The molecule has 2 fully saturated rings. The summed E-state index contributed by atoms with van der Waals surface area (Å²) in [7, 11) is 0. The number of hydrogen-bond acceptors (Lipinski definition) is 3. The summed E-state index contributed by atoms with van der Waals surface area (Å²) >= 11 is 0. The smallest absolute Gasteiger partial charge is 0.251 e. The van der Waals surface area contributed by atoms with E-state index in [2.05, 4.69) is 10.6 Å². The maximum atomic E-state index is 12.2. The zero-order chi connectivity index (χ0) is 20.2. The van der Waals surface area contributed by atoms with Crippen molar-refractivity contribution in [1.29, 1.82) is 0 Å². The molecule has 2 N–H and O–H groups in total. The van der Waals surface area contributed by atoms with Crippen LogP contribution in [0, 0.1) is 0 Å². The fraction of sp³-hybridized carbons (Fsp3) is 0.261. The number of nitrogens with one attached hydrogen (secondary N) is 2. The largest absolute Gasteiger partial charge is 0.349 e. The first-order valence-electron chi connectivity index (χ1n) is 9.89. The fourth-order valence-electron chi connectivity index (χ4n) is 3.28. The van der Waals surface area contributed by atoms with Gasteiger partial charge in [-0.15, -0.1) is 0 Å². The number of benzene rings is 2. The highest BCUT2D eigenvalue weighted by Gasteiger charge is 2.24. The van der Waals surface area contributed by atoms with Crippen LogP contribution in [-0.2, 0) is 9.59 Å². The molecule has 6 nitrogen and oxygen atoms in total. The maximum Gasteiger partial charge on any atom is 0.251 e. The first-order valence-corrected chi connectivity index (χ1v) is 9.89. The SMILES string of the molecule is O=C(C=Cc1ccc(N2CCCC2=O)cc1)Nc1cccc(C(=O)NC2CC2)c1. The van der Waals surface area contributed by atoms with Crippen molar-refractivity contribution in [2.45, 2.75) is 31.7 Å². The Hall–Kier alpha value is -3.41. The topological polar surface area (TPSA) is 78.5 Å². The molecule has 1 aliphatic heterocycles. The standard InChI is InChI=1S/C23H23N3O3/c27-21(24-19-4-1-3-17(15-19)23(29)25-18-9-10-18)13-8-16-6-11-20(12-7-16)26-14-2-5-22(26)28/h1,3-4,6-8,11-13,15,18H,2,5,9-10,14H2,(H,24,27)(H,25,29). The zero-order valence-electron chi connectivity index (χ0n) is 16.1. The Bertz CT molecular complexity index is 962. The molecule has 0 unspecified atom stereocenters. The van der Waals surface area contributed by atoms with Gasteiger partial charge in [-0.2, -0.15) is 0 Å². The third-order valence-corrected chi connectivity index (χ3v) is 5.01. The molecule has 148 valence electrons. The molecular formula is C23H23N3O3. The molecular weight excluding hydrogens is 366 g/mol. The number of carbonyl (C=O) groups is 3. The summed E-state index contributed by atoms with van der Waals surface area (Å²) in [6.07, 6.45) is 6.72. The second kappa shape index (κ2) is 8.31. The molecule has 1 heterocycles. The summed E-state index contributed by atoms with van der Waals surface area (Å²) in [5.74, 6) is -0.236. The number of rotatable bonds is 6. The lowest BCUT2D eigenvalue weighted by Crippen LogP contribution is -2.25. The lowest BCUT2D eigenvalue weighted by Gasteiger charge is -2.15. The molecule has 4 rings (SSSR count). The van der Waals surface area contributed by atoms with Gasteiger partial charge in [0.05, 0.1) is 0 Å². The van der Waals surface area contributed by atoms with E-state index in [9.17, 15) is 14.4 Å². The third-order valence-electron chi connectivity index (χ3n) is 5.01. The Balaban J connectivity index is 1.35. The molecule has 0 atom stereocenters. The molecule has 0 aromatic heterocycles. The first-order chi connectivity index (χ1) is 14.1. The van der Waals surface area contributed by atoms with E-state index in [1.54, 1.807) is 35.2 Å². The van der Waals surface area contributed by atoms with Gasteiger partial charge in [-0.05, 0) is 61.2 Å². The van der Waals surface area contributed by atoms with Crippen molar-refractivity contribution in [3.8, 4) is 0 Å². The molecule has 1 saturated heterocycles. The van der Waals surface area contributed by atoms with Gasteiger partial charge in [0.15, 0.2) is 0 Å². The predicted octanol–water partition coefficient (Wildman–Crippen LogP) is 3.36. The Morgan fingerprint density at radius 2 is 1.86 bits per heavy atom. The number of anilines is 2. The van der Waals surface area contributed by atoms with E-state index in [4.69, 9.17) is 0 Å². The lowest BCUT2D eigenvalue weighted by atomic mass is 10.1. The highest BCUT2D eigenvalue weighted by Crippen LogP contribution is 2.22. The van der Waals surface area contributed by atoms with Crippen LogP contribution in [-0.4, -0.2) is 30.3 Å². The Labute approximate surface area is 169 Å². The van der Waals surface area contributed by atoms with Crippen molar-refractivity contribution in [3.05, 3.63) is 65.7 Å². The van der Waals surface area contributed by atoms with Crippen LogP contribution in [0.5, 0.6) is 0 Å². The molecule has 2 aromatic rings. The van der Waals surface area contributed by atoms with Gasteiger partial charge >= 0.3 is 0 Å². The van der Waals surface area contributed by atoms with Crippen LogP contribution in [0.1, 0.15) is 41.6 Å².